The first kappa shape index (κ1) is 17.0. The molecule has 0 spiro atoms. The van der Waals surface area contributed by atoms with Crippen molar-refractivity contribution in [2.75, 3.05) is 13.7 Å². The quantitative estimate of drug-likeness (QED) is 0.730. The molecule has 0 fully saturated rings. The molecular formula is C22H23NO2. The Kier molecular flexibility index (Phi) is 5.34. The summed E-state index contributed by atoms with van der Waals surface area (Å²) in [6.45, 7) is 2.60. The lowest BCUT2D eigenvalue weighted by atomic mass is 9.97. The molecule has 0 aliphatic carbocycles. The highest BCUT2D eigenvalue weighted by atomic mass is 16.5. The third-order valence-electron chi connectivity index (χ3n) is 4.52. The fraction of sp³-hybridized carbons (Fsp3) is 0.227. The van der Waals surface area contributed by atoms with Gasteiger partial charge in [-0.15, -0.1) is 0 Å². The number of fused-ring (bicyclic) bond motifs is 1. The second kappa shape index (κ2) is 7.84. The number of rotatable bonds is 6. The van der Waals surface area contributed by atoms with Crippen LogP contribution in [-0.4, -0.2) is 19.6 Å². The summed E-state index contributed by atoms with van der Waals surface area (Å²) in [5, 5.41) is 5.26. The highest BCUT2D eigenvalue weighted by Gasteiger charge is 2.15. The van der Waals surface area contributed by atoms with Gasteiger partial charge in [0.15, 0.2) is 0 Å². The zero-order chi connectivity index (χ0) is 17.6. The summed E-state index contributed by atoms with van der Waals surface area (Å²) >= 11 is 0. The molecule has 0 aliphatic rings. The van der Waals surface area contributed by atoms with E-state index in [0.29, 0.717) is 6.54 Å². The van der Waals surface area contributed by atoms with Gasteiger partial charge < -0.3 is 10.1 Å². The van der Waals surface area contributed by atoms with Crippen molar-refractivity contribution in [3.8, 4) is 5.75 Å². The molecule has 0 aliphatic heterocycles. The molecule has 0 saturated heterocycles. The number of carbonyl (C=O) groups excluding carboxylic acids is 1. The summed E-state index contributed by atoms with van der Waals surface area (Å²) in [5.74, 6) is 0.720. The summed E-state index contributed by atoms with van der Waals surface area (Å²) in [4.78, 5) is 12.4. The molecule has 128 valence electrons. The highest BCUT2D eigenvalue weighted by Crippen LogP contribution is 2.25. The van der Waals surface area contributed by atoms with Crippen LogP contribution in [0, 0.1) is 0 Å². The molecule has 0 aromatic heterocycles. The van der Waals surface area contributed by atoms with Crippen LogP contribution in [0.1, 0.15) is 24.0 Å². The number of amides is 1. The Hall–Kier alpha value is -2.81. The zero-order valence-electron chi connectivity index (χ0n) is 14.7. The van der Waals surface area contributed by atoms with Crippen LogP contribution in [-0.2, 0) is 11.2 Å². The van der Waals surface area contributed by atoms with E-state index < -0.39 is 0 Å². The highest BCUT2D eigenvalue weighted by molar-refractivity contribution is 5.88. The summed E-state index contributed by atoms with van der Waals surface area (Å²) in [5.41, 5.74) is 2.25. The standard InChI is InChI=1S/C22H23NO2/c1-16(22(24)23-13-12-17-6-4-3-5-7-17)18-8-9-20-15-21(25-2)11-10-19(20)14-18/h3-11,14-16H,12-13H2,1-2H3,(H,23,24). The molecule has 3 rings (SSSR count). The molecule has 1 amide bonds. The van der Waals surface area contributed by atoms with Gasteiger partial charge in [0.05, 0.1) is 13.0 Å². The van der Waals surface area contributed by atoms with Crippen molar-refractivity contribution in [3.63, 3.8) is 0 Å². The van der Waals surface area contributed by atoms with E-state index in [-0.39, 0.29) is 11.8 Å². The minimum absolute atomic E-state index is 0.0591. The lowest BCUT2D eigenvalue weighted by Crippen LogP contribution is -2.29. The summed E-state index contributed by atoms with van der Waals surface area (Å²) in [6, 6.07) is 22.3. The second-order valence-electron chi connectivity index (χ2n) is 6.22. The average molecular weight is 333 g/mol. The topological polar surface area (TPSA) is 38.3 Å². The van der Waals surface area contributed by atoms with Crippen LogP contribution in [0.4, 0.5) is 0 Å². The minimum Gasteiger partial charge on any atom is -0.497 e. The van der Waals surface area contributed by atoms with Gasteiger partial charge >= 0.3 is 0 Å². The number of ether oxygens (including phenoxy) is 1. The van der Waals surface area contributed by atoms with Gasteiger partial charge in [0.2, 0.25) is 5.91 Å². The largest absolute Gasteiger partial charge is 0.497 e. The Balaban J connectivity index is 1.64. The third-order valence-corrected chi connectivity index (χ3v) is 4.52. The maximum atomic E-state index is 12.4. The molecular weight excluding hydrogens is 310 g/mol. The van der Waals surface area contributed by atoms with Crippen LogP contribution in [0.25, 0.3) is 10.8 Å². The van der Waals surface area contributed by atoms with Crippen LogP contribution < -0.4 is 10.1 Å². The number of hydrogen-bond donors (Lipinski definition) is 1. The molecule has 0 saturated carbocycles. The van der Waals surface area contributed by atoms with Crippen LogP contribution in [0.15, 0.2) is 66.7 Å². The van der Waals surface area contributed by atoms with Gasteiger partial charge in [0.25, 0.3) is 0 Å². The molecule has 3 aromatic carbocycles. The average Bonchev–Trinajstić information content (AvgIpc) is 2.67. The Morgan fingerprint density at radius 3 is 2.48 bits per heavy atom. The van der Waals surface area contributed by atoms with E-state index in [0.717, 1.165) is 28.5 Å². The molecule has 1 atom stereocenters. The summed E-state index contributed by atoms with van der Waals surface area (Å²) in [7, 11) is 1.66. The first-order valence-corrected chi connectivity index (χ1v) is 8.57. The smallest absolute Gasteiger partial charge is 0.227 e. The molecule has 25 heavy (non-hydrogen) atoms. The molecule has 3 heteroatoms. The Morgan fingerprint density at radius 2 is 1.72 bits per heavy atom. The maximum Gasteiger partial charge on any atom is 0.227 e. The van der Waals surface area contributed by atoms with Crippen molar-refractivity contribution in [3.05, 3.63) is 77.9 Å². The molecule has 3 nitrogen and oxygen atoms in total. The fourth-order valence-corrected chi connectivity index (χ4v) is 2.92. The number of nitrogens with one attached hydrogen (secondary N) is 1. The Bertz CT molecular complexity index is 858. The van der Waals surface area contributed by atoms with Crippen molar-refractivity contribution in [2.45, 2.75) is 19.3 Å². The molecule has 3 aromatic rings. The Morgan fingerprint density at radius 1 is 1.00 bits per heavy atom. The van der Waals surface area contributed by atoms with E-state index in [9.17, 15) is 4.79 Å². The van der Waals surface area contributed by atoms with Gasteiger partial charge in [-0.2, -0.15) is 0 Å². The van der Waals surface area contributed by atoms with Gasteiger partial charge in [0, 0.05) is 6.54 Å². The number of hydrogen-bond acceptors (Lipinski definition) is 2. The number of methoxy groups -OCH3 is 1. The van der Waals surface area contributed by atoms with E-state index in [2.05, 4.69) is 23.5 Å². The van der Waals surface area contributed by atoms with Gasteiger partial charge in [-0.3, -0.25) is 4.79 Å². The normalized spacial score (nSPS) is 11.9. The second-order valence-corrected chi connectivity index (χ2v) is 6.22. The van der Waals surface area contributed by atoms with Gasteiger partial charge in [-0.05, 0) is 47.4 Å². The lowest BCUT2D eigenvalue weighted by Gasteiger charge is -2.14. The molecule has 0 radical (unpaired) electrons. The zero-order valence-corrected chi connectivity index (χ0v) is 14.7. The van der Waals surface area contributed by atoms with Crippen LogP contribution in [0.5, 0.6) is 5.75 Å². The predicted molar refractivity (Wildman–Crippen MR) is 102 cm³/mol. The fourth-order valence-electron chi connectivity index (χ4n) is 2.92. The van der Waals surface area contributed by atoms with Gasteiger partial charge in [-0.1, -0.05) is 54.6 Å². The van der Waals surface area contributed by atoms with Crippen molar-refractivity contribution in [1.82, 2.24) is 5.32 Å². The lowest BCUT2D eigenvalue weighted by molar-refractivity contribution is -0.122. The first-order chi connectivity index (χ1) is 12.2. The van der Waals surface area contributed by atoms with E-state index in [4.69, 9.17) is 4.74 Å². The van der Waals surface area contributed by atoms with Crippen LogP contribution in [0.3, 0.4) is 0 Å². The summed E-state index contributed by atoms with van der Waals surface area (Å²) in [6.07, 6.45) is 0.844. The van der Waals surface area contributed by atoms with Gasteiger partial charge in [0.1, 0.15) is 5.75 Å². The van der Waals surface area contributed by atoms with Crippen molar-refractivity contribution in [1.29, 1.82) is 0 Å². The van der Waals surface area contributed by atoms with Crippen LogP contribution >= 0.6 is 0 Å². The van der Waals surface area contributed by atoms with Crippen molar-refractivity contribution < 1.29 is 9.53 Å². The van der Waals surface area contributed by atoms with Crippen LogP contribution in [0.2, 0.25) is 0 Å². The third kappa shape index (κ3) is 4.18. The predicted octanol–water partition coefficient (Wildman–Crippen LogP) is 4.31. The monoisotopic (exact) mass is 333 g/mol. The molecule has 0 bridgehead atoms. The summed E-state index contributed by atoms with van der Waals surface area (Å²) < 4.78 is 5.25. The van der Waals surface area contributed by atoms with E-state index in [1.165, 1.54) is 5.56 Å². The molecule has 1 N–H and O–H groups in total. The number of benzene rings is 3. The number of carbonyl (C=O) groups is 1. The van der Waals surface area contributed by atoms with E-state index in [1.807, 2.05) is 55.5 Å². The maximum absolute atomic E-state index is 12.4. The van der Waals surface area contributed by atoms with Crippen molar-refractivity contribution >= 4 is 16.7 Å². The van der Waals surface area contributed by atoms with Gasteiger partial charge in [-0.25, -0.2) is 0 Å². The Labute approximate surface area is 148 Å². The van der Waals surface area contributed by atoms with Crippen molar-refractivity contribution in [2.24, 2.45) is 0 Å². The van der Waals surface area contributed by atoms with E-state index >= 15 is 0 Å². The SMILES string of the molecule is COc1ccc2cc(C(C)C(=O)NCCc3ccccc3)ccc2c1. The molecule has 0 heterocycles. The van der Waals surface area contributed by atoms with E-state index in [1.54, 1.807) is 7.11 Å². The first-order valence-electron chi connectivity index (χ1n) is 8.57. The minimum atomic E-state index is -0.178. The molecule has 1 unspecified atom stereocenters.